The van der Waals surface area contributed by atoms with Gasteiger partial charge in [-0.3, -0.25) is 0 Å². The highest BCUT2D eigenvalue weighted by atomic mass is 16.2. The van der Waals surface area contributed by atoms with E-state index in [1.54, 1.807) is 0 Å². The van der Waals surface area contributed by atoms with Gasteiger partial charge in [-0.05, 0) is 31.4 Å². The van der Waals surface area contributed by atoms with Crippen LogP contribution in [-0.4, -0.2) is 38.2 Å². The number of fused-ring (bicyclic) bond motifs is 3. The third-order valence-electron chi connectivity index (χ3n) is 6.67. The number of aromatic nitrogens is 4. The second-order valence-corrected chi connectivity index (χ2v) is 8.60. The molecule has 1 fully saturated rings. The van der Waals surface area contributed by atoms with E-state index in [1.807, 2.05) is 36.8 Å². The minimum Gasteiger partial charge on any atom is -0.328 e. The predicted molar refractivity (Wildman–Crippen MR) is 113 cm³/mol. The van der Waals surface area contributed by atoms with E-state index in [0.29, 0.717) is 0 Å². The molecule has 3 aromatic rings. The summed E-state index contributed by atoms with van der Waals surface area (Å²) in [6.45, 7) is 2.85. The van der Waals surface area contributed by atoms with E-state index >= 15 is 0 Å². The average Bonchev–Trinajstić information content (AvgIpc) is 3.42. The van der Waals surface area contributed by atoms with Gasteiger partial charge in [-0.2, -0.15) is 0 Å². The van der Waals surface area contributed by atoms with Gasteiger partial charge in [0, 0.05) is 61.6 Å². The van der Waals surface area contributed by atoms with Crippen molar-refractivity contribution in [1.82, 2.24) is 29.7 Å². The second kappa shape index (κ2) is 6.70. The number of benzene rings is 1. The molecule has 0 bridgehead atoms. The summed E-state index contributed by atoms with van der Waals surface area (Å²) >= 11 is 0. The Kier molecular flexibility index (Phi) is 3.95. The number of amides is 2. The molecule has 5 heterocycles. The first-order chi connectivity index (χ1) is 14.7. The molecule has 3 aliphatic rings. The fraction of sp³-hybridized carbons (Fsp3) is 0.409. The Balaban J connectivity index is 1.18. The molecule has 3 N–H and O–H groups in total. The summed E-state index contributed by atoms with van der Waals surface area (Å²) in [4.78, 5) is 21.9. The Morgan fingerprint density at radius 3 is 3.03 bits per heavy atom. The van der Waals surface area contributed by atoms with Crippen LogP contribution in [0.25, 0.3) is 11.4 Å². The Hall–Kier alpha value is -3.13. The Morgan fingerprint density at radius 1 is 1.23 bits per heavy atom. The van der Waals surface area contributed by atoms with Crippen LogP contribution in [0.2, 0.25) is 0 Å². The van der Waals surface area contributed by atoms with E-state index in [9.17, 15) is 4.79 Å². The number of aryl methyl sites for hydroxylation is 1. The molecule has 1 aromatic carbocycles. The molecule has 154 valence electrons. The summed E-state index contributed by atoms with van der Waals surface area (Å²) in [5, 5.41) is 9.46. The molecule has 6 rings (SSSR count). The summed E-state index contributed by atoms with van der Waals surface area (Å²) in [6, 6.07) is 7.64. The van der Waals surface area contributed by atoms with Crippen molar-refractivity contribution in [3.63, 3.8) is 0 Å². The van der Waals surface area contributed by atoms with Crippen molar-refractivity contribution in [2.45, 2.75) is 43.8 Å². The molecule has 1 saturated heterocycles. The lowest BCUT2D eigenvalue weighted by Gasteiger charge is -2.40. The normalized spacial score (nSPS) is 21.0. The van der Waals surface area contributed by atoms with E-state index in [2.05, 4.69) is 41.1 Å². The Morgan fingerprint density at radius 2 is 2.17 bits per heavy atom. The van der Waals surface area contributed by atoms with Crippen LogP contribution in [0.3, 0.4) is 0 Å². The highest BCUT2D eigenvalue weighted by Crippen LogP contribution is 2.40. The Bertz CT molecular complexity index is 1110. The molecule has 2 aromatic heterocycles. The molecule has 1 atom stereocenters. The maximum Gasteiger partial charge on any atom is 0.319 e. The molecule has 1 spiro atoms. The third kappa shape index (κ3) is 2.74. The number of rotatable bonds is 3. The van der Waals surface area contributed by atoms with Gasteiger partial charge < -0.3 is 25.1 Å². The van der Waals surface area contributed by atoms with Gasteiger partial charge in [0.1, 0.15) is 11.6 Å². The van der Waals surface area contributed by atoms with Crippen LogP contribution < -0.4 is 16.0 Å². The minimum atomic E-state index is -0.207. The van der Waals surface area contributed by atoms with Gasteiger partial charge in [-0.15, -0.1) is 0 Å². The largest absolute Gasteiger partial charge is 0.328 e. The number of urea groups is 1. The first-order valence-electron chi connectivity index (χ1n) is 10.7. The number of carbonyl (C=O) groups is 1. The van der Waals surface area contributed by atoms with E-state index in [0.717, 1.165) is 55.4 Å². The van der Waals surface area contributed by atoms with Crippen LogP contribution in [0, 0.1) is 0 Å². The predicted octanol–water partition coefficient (Wildman–Crippen LogP) is 2.65. The number of nitrogens with zero attached hydrogens (tertiary/aromatic N) is 4. The number of imidazole rings is 2. The molecular formula is C22H25N7O. The zero-order valence-electron chi connectivity index (χ0n) is 16.8. The van der Waals surface area contributed by atoms with Crippen molar-refractivity contribution in [2.24, 2.45) is 0 Å². The van der Waals surface area contributed by atoms with Crippen molar-refractivity contribution in [3.8, 4) is 11.4 Å². The first-order valence-corrected chi connectivity index (χ1v) is 10.7. The van der Waals surface area contributed by atoms with E-state index in [1.165, 1.54) is 18.5 Å². The van der Waals surface area contributed by atoms with Gasteiger partial charge in [0.25, 0.3) is 0 Å². The first kappa shape index (κ1) is 17.7. The van der Waals surface area contributed by atoms with Crippen molar-refractivity contribution in [3.05, 3.63) is 54.4 Å². The molecule has 1 unspecified atom stereocenters. The monoisotopic (exact) mass is 403 g/mol. The van der Waals surface area contributed by atoms with Crippen LogP contribution in [0.5, 0.6) is 0 Å². The number of hydrogen-bond acceptors (Lipinski definition) is 4. The maximum absolute atomic E-state index is 12.8. The quantitative estimate of drug-likeness (QED) is 0.627. The van der Waals surface area contributed by atoms with Crippen molar-refractivity contribution < 1.29 is 4.79 Å². The fourth-order valence-corrected chi connectivity index (χ4v) is 5.12. The van der Waals surface area contributed by atoms with E-state index in [4.69, 9.17) is 0 Å². The fourth-order valence-electron chi connectivity index (χ4n) is 5.12. The lowest BCUT2D eigenvalue weighted by molar-refractivity contribution is 0.177. The topological polar surface area (TPSA) is 88.8 Å². The number of nitrogens with one attached hydrogen (secondary N) is 3. The van der Waals surface area contributed by atoms with Gasteiger partial charge in [-0.1, -0.05) is 12.1 Å². The zero-order valence-corrected chi connectivity index (χ0v) is 16.8. The van der Waals surface area contributed by atoms with Crippen molar-refractivity contribution in [1.29, 1.82) is 0 Å². The summed E-state index contributed by atoms with van der Waals surface area (Å²) in [5.41, 5.74) is 3.14. The van der Waals surface area contributed by atoms with Crippen LogP contribution in [0.1, 0.15) is 36.8 Å². The van der Waals surface area contributed by atoms with Crippen molar-refractivity contribution >= 4 is 11.7 Å². The van der Waals surface area contributed by atoms with Crippen LogP contribution in [0.15, 0.2) is 42.9 Å². The van der Waals surface area contributed by atoms with Gasteiger partial charge in [0.15, 0.2) is 0 Å². The Labute approximate surface area is 174 Å². The summed E-state index contributed by atoms with van der Waals surface area (Å²) in [7, 11) is 0. The van der Waals surface area contributed by atoms with Crippen LogP contribution >= 0.6 is 0 Å². The number of hydrogen-bond donors (Lipinski definition) is 3. The second-order valence-electron chi connectivity index (χ2n) is 8.60. The van der Waals surface area contributed by atoms with Crippen LogP contribution in [-0.2, 0) is 18.5 Å². The van der Waals surface area contributed by atoms with Gasteiger partial charge in [0.2, 0.25) is 0 Å². The number of anilines is 1. The maximum atomic E-state index is 12.8. The highest BCUT2D eigenvalue weighted by molar-refractivity contribution is 5.90. The molecule has 8 heteroatoms. The lowest BCUT2D eigenvalue weighted by Crippen LogP contribution is -2.59. The van der Waals surface area contributed by atoms with Crippen molar-refractivity contribution in [2.75, 3.05) is 18.4 Å². The molecule has 0 radical (unpaired) electrons. The minimum absolute atomic E-state index is 0.0590. The number of carbonyl (C=O) groups excluding carboxylic acids is 1. The molecule has 0 saturated carbocycles. The summed E-state index contributed by atoms with van der Waals surface area (Å²) in [6.07, 6.45) is 10.2. The molecule has 3 aliphatic heterocycles. The summed E-state index contributed by atoms with van der Waals surface area (Å²) in [5.74, 6) is 1.91. The smallest absolute Gasteiger partial charge is 0.319 e. The average molecular weight is 403 g/mol. The molecule has 2 amide bonds. The SMILES string of the molecule is O=C(Nc1cccc(-c2ncc3n2CCCC3)c1)NC1CC2(CNC2)n2ccnc21. The summed E-state index contributed by atoms with van der Waals surface area (Å²) < 4.78 is 4.52. The molecule has 30 heavy (non-hydrogen) atoms. The molecular weight excluding hydrogens is 378 g/mol. The van der Waals surface area contributed by atoms with E-state index in [-0.39, 0.29) is 17.6 Å². The van der Waals surface area contributed by atoms with E-state index < -0.39 is 0 Å². The van der Waals surface area contributed by atoms with Gasteiger partial charge in [-0.25, -0.2) is 14.8 Å². The van der Waals surface area contributed by atoms with Crippen LogP contribution in [0.4, 0.5) is 10.5 Å². The zero-order chi connectivity index (χ0) is 20.1. The third-order valence-corrected chi connectivity index (χ3v) is 6.67. The molecule has 0 aliphatic carbocycles. The molecule has 8 nitrogen and oxygen atoms in total. The lowest BCUT2D eigenvalue weighted by atomic mass is 9.88. The van der Waals surface area contributed by atoms with Gasteiger partial charge in [0.05, 0.1) is 11.6 Å². The van der Waals surface area contributed by atoms with Gasteiger partial charge >= 0.3 is 6.03 Å². The highest BCUT2D eigenvalue weighted by Gasteiger charge is 2.48. The standard InChI is InChI=1S/C22H25N7O/c30-21(27-18-11-22(13-23-14-22)29-9-7-24-20(18)29)26-16-5-3-4-15(10-16)19-25-12-17-6-1-2-8-28(17)19/h3-5,7,9-10,12,18,23H,1-2,6,8,11,13-14H2,(H2,26,27,30).